The molecular formula is C16H20N4O2S. The van der Waals surface area contributed by atoms with Gasteiger partial charge in [0.25, 0.3) is 0 Å². The Kier molecular flexibility index (Phi) is 4.76. The molecule has 122 valence electrons. The highest BCUT2D eigenvalue weighted by Gasteiger charge is 2.27. The second-order valence-corrected chi connectivity index (χ2v) is 6.74. The molecule has 1 aliphatic carbocycles. The van der Waals surface area contributed by atoms with Crippen molar-refractivity contribution in [2.24, 2.45) is 0 Å². The van der Waals surface area contributed by atoms with Crippen molar-refractivity contribution in [1.82, 2.24) is 15.5 Å². The van der Waals surface area contributed by atoms with E-state index in [0.717, 1.165) is 16.3 Å². The Balaban J connectivity index is 1.52. The highest BCUT2D eigenvalue weighted by atomic mass is 32.1. The van der Waals surface area contributed by atoms with Gasteiger partial charge in [-0.3, -0.25) is 5.32 Å². The van der Waals surface area contributed by atoms with E-state index in [9.17, 15) is 4.79 Å². The standard InChI is InChI=1S/C16H20N4O2S/c1-10(9-12-5-3-4-6-13(12)22-2)17-15(21)18-16-20-19-14(23-16)11-7-8-11/h3-6,10-11H,7-9H2,1-2H3,(H2,17,18,20,21). The molecule has 1 aliphatic rings. The van der Waals surface area contributed by atoms with Crippen molar-refractivity contribution in [2.75, 3.05) is 12.4 Å². The van der Waals surface area contributed by atoms with Crippen LogP contribution in [0.15, 0.2) is 24.3 Å². The first-order valence-corrected chi connectivity index (χ1v) is 8.50. The average molecular weight is 332 g/mol. The fourth-order valence-corrected chi connectivity index (χ4v) is 3.30. The molecule has 0 radical (unpaired) electrons. The van der Waals surface area contributed by atoms with Gasteiger partial charge in [0.05, 0.1) is 7.11 Å². The van der Waals surface area contributed by atoms with Crippen LogP contribution in [0.2, 0.25) is 0 Å². The summed E-state index contributed by atoms with van der Waals surface area (Å²) in [5.74, 6) is 1.38. The zero-order valence-corrected chi connectivity index (χ0v) is 14.0. The van der Waals surface area contributed by atoms with Crippen LogP contribution in [0.5, 0.6) is 5.75 Å². The minimum atomic E-state index is -0.258. The number of hydrogen-bond acceptors (Lipinski definition) is 5. The molecule has 2 aromatic rings. The second-order valence-electron chi connectivity index (χ2n) is 5.74. The molecule has 1 fully saturated rings. The lowest BCUT2D eigenvalue weighted by Gasteiger charge is -2.15. The molecule has 1 aromatic heterocycles. The van der Waals surface area contributed by atoms with Crippen LogP contribution in [-0.2, 0) is 6.42 Å². The predicted octanol–water partition coefficient (Wildman–Crippen LogP) is 3.18. The summed E-state index contributed by atoms with van der Waals surface area (Å²) in [7, 11) is 1.65. The second kappa shape index (κ2) is 6.95. The zero-order chi connectivity index (χ0) is 16.2. The maximum atomic E-state index is 12.0. The molecule has 1 aromatic carbocycles. The molecule has 2 amide bonds. The maximum absolute atomic E-state index is 12.0. The quantitative estimate of drug-likeness (QED) is 0.852. The van der Waals surface area contributed by atoms with Crippen molar-refractivity contribution < 1.29 is 9.53 Å². The summed E-state index contributed by atoms with van der Waals surface area (Å²) < 4.78 is 5.33. The van der Waals surface area contributed by atoms with Gasteiger partial charge in [-0.05, 0) is 37.8 Å². The largest absolute Gasteiger partial charge is 0.496 e. The summed E-state index contributed by atoms with van der Waals surface area (Å²) in [6.45, 7) is 1.96. The highest BCUT2D eigenvalue weighted by molar-refractivity contribution is 7.15. The smallest absolute Gasteiger partial charge is 0.321 e. The van der Waals surface area contributed by atoms with Gasteiger partial charge in [-0.15, -0.1) is 10.2 Å². The van der Waals surface area contributed by atoms with Crippen LogP contribution in [0.1, 0.15) is 36.3 Å². The van der Waals surface area contributed by atoms with Gasteiger partial charge in [0, 0.05) is 12.0 Å². The van der Waals surface area contributed by atoms with Gasteiger partial charge in [-0.1, -0.05) is 29.5 Å². The van der Waals surface area contributed by atoms with E-state index >= 15 is 0 Å². The molecule has 23 heavy (non-hydrogen) atoms. The molecule has 6 nitrogen and oxygen atoms in total. The molecule has 1 saturated carbocycles. The van der Waals surface area contributed by atoms with Crippen LogP contribution >= 0.6 is 11.3 Å². The van der Waals surface area contributed by atoms with Crippen LogP contribution < -0.4 is 15.4 Å². The van der Waals surface area contributed by atoms with E-state index in [1.54, 1.807) is 7.11 Å². The third-order valence-corrected chi connectivity index (χ3v) is 4.68. The third-order valence-electron chi connectivity index (χ3n) is 3.68. The number of nitrogens with one attached hydrogen (secondary N) is 2. The van der Waals surface area contributed by atoms with Gasteiger partial charge in [0.1, 0.15) is 10.8 Å². The van der Waals surface area contributed by atoms with Gasteiger partial charge in [-0.2, -0.15) is 0 Å². The molecule has 0 bridgehead atoms. The van der Waals surface area contributed by atoms with Gasteiger partial charge >= 0.3 is 6.03 Å². The molecule has 2 N–H and O–H groups in total. The lowest BCUT2D eigenvalue weighted by atomic mass is 10.1. The number of amides is 2. The average Bonchev–Trinajstić information content (AvgIpc) is 3.28. The lowest BCUT2D eigenvalue weighted by Crippen LogP contribution is -2.37. The number of para-hydroxylation sites is 1. The molecule has 7 heteroatoms. The number of aromatic nitrogens is 2. The highest BCUT2D eigenvalue weighted by Crippen LogP contribution is 2.41. The molecule has 1 atom stereocenters. The van der Waals surface area contributed by atoms with Crippen molar-refractivity contribution in [3.63, 3.8) is 0 Å². The Morgan fingerprint density at radius 1 is 1.39 bits per heavy atom. The molecule has 1 heterocycles. The molecule has 1 unspecified atom stereocenters. The van der Waals surface area contributed by atoms with Gasteiger partial charge in [-0.25, -0.2) is 4.79 Å². The van der Waals surface area contributed by atoms with E-state index in [1.165, 1.54) is 24.2 Å². The number of hydrogen-bond donors (Lipinski definition) is 2. The number of benzene rings is 1. The first kappa shape index (κ1) is 15.7. The topological polar surface area (TPSA) is 76.1 Å². The summed E-state index contributed by atoms with van der Waals surface area (Å²) in [6, 6.07) is 7.53. The van der Waals surface area contributed by atoms with Crippen LogP contribution in [0.3, 0.4) is 0 Å². The van der Waals surface area contributed by atoms with E-state index in [-0.39, 0.29) is 12.1 Å². The minimum Gasteiger partial charge on any atom is -0.496 e. The number of carbonyl (C=O) groups excluding carboxylic acids is 1. The van der Waals surface area contributed by atoms with Gasteiger partial charge in [0.2, 0.25) is 5.13 Å². The maximum Gasteiger partial charge on any atom is 0.321 e. The zero-order valence-electron chi connectivity index (χ0n) is 13.2. The molecule has 0 spiro atoms. The fraction of sp³-hybridized carbons (Fsp3) is 0.438. The van der Waals surface area contributed by atoms with Gasteiger partial charge in [0.15, 0.2) is 0 Å². The van der Waals surface area contributed by atoms with Crippen LogP contribution in [-0.4, -0.2) is 29.4 Å². The number of nitrogens with zero attached hydrogens (tertiary/aromatic N) is 2. The molecule has 0 saturated heterocycles. The van der Waals surface area contributed by atoms with E-state index < -0.39 is 0 Å². The fourth-order valence-electron chi connectivity index (χ4n) is 2.39. The Morgan fingerprint density at radius 3 is 2.91 bits per heavy atom. The van der Waals surface area contributed by atoms with E-state index in [4.69, 9.17) is 4.74 Å². The summed E-state index contributed by atoms with van der Waals surface area (Å²) >= 11 is 1.45. The lowest BCUT2D eigenvalue weighted by molar-refractivity contribution is 0.249. The minimum absolute atomic E-state index is 0.0258. The first-order valence-electron chi connectivity index (χ1n) is 7.68. The van der Waals surface area contributed by atoms with Crippen molar-refractivity contribution in [3.8, 4) is 5.75 Å². The molecular weight excluding hydrogens is 312 g/mol. The normalized spacial score (nSPS) is 15.0. The van der Waals surface area contributed by atoms with Crippen LogP contribution in [0.4, 0.5) is 9.93 Å². The van der Waals surface area contributed by atoms with Crippen LogP contribution in [0.25, 0.3) is 0 Å². The van der Waals surface area contributed by atoms with Gasteiger partial charge < -0.3 is 10.1 Å². The summed E-state index contributed by atoms with van der Waals surface area (Å²) in [5.41, 5.74) is 1.06. The predicted molar refractivity (Wildman–Crippen MR) is 90.2 cm³/mol. The Morgan fingerprint density at radius 2 is 2.17 bits per heavy atom. The number of rotatable bonds is 6. The number of carbonyl (C=O) groups is 1. The summed E-state index contributed by atoms with van der Waals surface area (Å²) in [4.78, 5) is 12.0. The number of urea groups is 1. The van der Waals surface area contributed by atoms with Crippen molar-refractivity contribution in [3.05, 3.63) is 34.8 Å². The Bertz CT molecular complexity index is 684. The summed E-state index contributed by atoms with van der Waals surface area (Å²) in [6.07, 6.45) is 3.05. The monoisotopic (exact) mass is 332 g/mol. The van der Waals surface area contributed by atoms with Crippen molar-refractivity contribution in [1.29, 1.82) is 0 Å². The number of anilines is 1. The summed E-state index contributed by atoms with van der Waals surface area (Å²) in [5, 5.41) is 15.4. The van der Waals surface area contributed by atoms with Crippen molar-refractivity contribution in [2.45, 2.75) is 38.1 Å². The molecule has 0 aliphatic heterocycles. The number of ether oxygens (including phenoxy) is 1. The Labute approximate surface area is 139 Å². The molecule has 3 rings (SSSR count). The van der Waals surface area contributed by atoms with Crippen molar-refractivity contribution >= 4 is 22.5 Å². The van der Waals surface area contributed by atoms with E-state index in [2.05, 4.69) is 20.8 Å². The van der Waals surface area contributed by atoms with Crippen LogP contribution in [0, 0.1) is 0 Å². The van der Waals surface area contributed by atoms with E-state index in [0.29, 0.717) is 17.5 Å². The first-order chi connectivity index (χ1) is 11.2. The number of methoxy groups -OCH3 is 1. The Hall–Kier alpha value is -2.15. The SMILES string of the molecule is COc1ccccc1CC(C)NC(=O)Nc1nnc(C2CC2)s1. The third kappa shape index (κ3) is 4.19. The van der Waals surface area contributed by atoms with E-state index in [1.807, 2.05) is 31.2 Å².